The summed E-state index contributed by atoms with van der Waals surface area (Å²) in [5.41, 5.74) is 3.65. The third kappa shape index (κ3) is 4.26. The van der Waals surface area contributed by atoms with Crippen molar-refractivity contribution >= 4 is 17.4 Å². The molecule has 5 rings (SSSR count). The van der Waals surface area contributed by atoms with Gasteiger partial charge in [0.1, 0.15) is 11.6 Å². The molecule has 0 radical (unpaired) electrons. The predicted molar refractivity (Wildman–Crippen MR) is 128 cm³/mol. The van der Waals surface area contributed by atoms with Gasteiger partial charge in [-0.25, -0.2) is 14.5 Å². The van der Waals surface area contributed by atoms with Crippen LogP contribution in [0.3, 0.4) is 0 Å². The number of benzene rings is 1. The monoisotopic (exact) mass is 448 g/mol. The molecule has 33 heavy (non-hydrogen) atoms. The summed E-state index contributed by atoms with van der Waals surface area (Å²) in [4.78, 5) is 24.6. The number of carbonyl (C=O) groups excluding carboxylic acids is 1. The number of hydrogen-bond acceptors (Lipinski definition) is 6. The summed E-state index contributed by atoms with van der Waals surface area (Å²) < 4.78 is 7.21. The van der Waals surface area contributed by atoms with Gasteiger partial charge in [0, 0.05) is 30.6 Å². The molecule has 1 aromatic carbocycles. The number of nitrogens with zero attached hydrogens (tertiary/aromatic N) is 5. The van der Waals surface area contributed by atoms with Crippen LogP contribution in [0.2, 0.25) is 0 Å². The Morgan fingerprint density at radius 3 is 2.55 bits per heavy atom. The average Bonchev–Trinajstić information content (AvgIpc) is 3.43. The molecule has 3 aromatic rings. The Morgan fingerprint density at radius 1 is 1.06 bits per heavy atom. The fraction of sp³-hybridized carbons (Fsp3) is 0.520. The number of amides is 1. The average molecular weight is 449 g/mol. The lowest BCUT2D eigenvalue weighted by molar-refractivity contribution is -0.126. The maximum Gasteiger partial charge on any atom is 0.223 e. The van der Waals surface area contributed by atoms with E-state index in [1.54, 1.807) is 7.11 Å². The van der Waals surface area contributed by atoms with Crippen molar-refractivity contribution in [2.45, 2.75) is 58.4 Å². The summed E-state index contributed by atoms with van der Waals surface area (Å²) in [5, 5.41) is 7.99. The maximum absolute atomic E-state index is 12.7. The lowest BCUT2D eigenvalue weighted by Gasteiger charge is -2.23. The number of nitrogens with one attached hydrogen (secondary N) is 1. The second kappa shape index (κ2) is 9.00. The van der Waals surface area contributed by atoms with Gasteiger partial charge in [0.25, 0.3) is 0 Å². The zero-order valence-corrected chi connectivity index (χ0v) is 19.7. The molecule has 1 aliphatic heterocycles. The Balaban J connectivity index is 1.40. The summed E-state index contributed by atoms with van der Waals surface area (Å²) in [5.74, 6) is 2.75. The van der Waals surface area contributed by atoms with Gasteiger partial charge < -0.3 is 15.0 Å². The van der Waals surface area contributed by atoms with Gasteiger partial charge in [-0.05, 0) is 57.4 Å². The highest BCUT2D eigenvalue weighted by molar-refractivity contribution is 5.79. The largest absolute Gasteiger partial charge is 0.497 e. The van der Waals surface area contributed by atoms with Crippen LogP contribution < -0.4 is 15.0 Å². The van der Waals surface area contributed by atoms with E-state index in [9.17, 15) is 4.79 Å². The van der Waals surface area contributed by atoms with Crippen molar-refractivity contribution in [2.75, 3.05) is 25.1 Å². The lowest BCUT2D eigenvalue weighted by atomic mass is 9.88. The minimum Gasteiger partial charge on any atom is -0.497 e. The van der Waals surface area contributed by atoms with E-state index in [4.69, 9.17) is 19.8 Å². The van der Waals surface area contributed by atoms with E-state index in [2.05, 4.69) is 10.2 Å². The molecule has 1 saturated carbocycles. The SMILES string of the molecule is COc1ccc(-c2c(C)nc3c(N4CC[C@@H](NC(=O)C5CCCCC5)C4)nc(C)nn23)cc1. The van der Waals surface area contributed by atoms with Gasteiger partial charge in [0.2, 0.25) is 5.91 Å². The van der Waals surface area contributed by atoms with Gasteiger partial charge >= 0.3 is 0 Å². The summed E-state index contributed by atoms with van der Waals surface area (Å²) in [6, 6.07) is 8.09. The Morgan fingerprint density at radius 2 is 1.82 bits per heavy atom. The molecular weight excluding hydrogens is 416 g/mol. The zero-order valence-electron chi connectivity index (χ0n) is 19.7. The number of anilines is 1. The summed E-state index contributed by atoms with van der Waals surface area (Å²) in [6.07, 6.45) is 6.56. The molecule has 3 heterocycles. The molecule has 8 heteroatoms. The molecule has 0 bridgehead atoms. The first-order valence-electron chi connectivity index (χ1n) is 12.0. The first-order valence-corrected chi connectivity index (χ1v) is 12.0. The van der Waals surface area contributed by atoms with Crippen molar-refractivity contribution in [3.8, 4) is 17.0 Å². The molecule has 0 spiro atoms. The summed E-state index contributed by atoms with van der Waals surface area (Å²) in [7, 11) is 1.66. The first-order chi connectivity index (χ1) is 16.0. The molecule has 0 unspecified atom stereocenters. The van der Waals surface area contributed by atoms with E-state index in [1.165, 1.54) is 19.3 Å². The van der Waals surface area contributed by atoms with Crippen LogP contribution in [-0.2, 0) is 4.79 Å². The standard InChI is InChI=1S/C25H32N6O2/c1-16-22(18-9-11-21(33-3)12-10-18)31-24(26-16)23(27-17(2)29-31)30-14-13-20(15-30)28-25(32)19-7-5-4-6-8-19/h9-12,19-20H,4-8,13-15H2,1-3H3,(H,28,32)/t20-/m1/s1. The van der Waals surface area contributed by atoms with Gasteiger partial charge in [-0.3, -0.25) is 4.79 Å². The highest BCUT2D eigenvalue weighted by atomic mass is 16.5. The summed E-state index contributed by atoms with van der Waals surface area (Å²) >= 11 is 0. The zero-order chi connectivity index (χ0) is 22.9. The van der Waals surface area contributed by atoms with Crippen LogP contribution in [-0.4, -0.2) is 51.7 Å². The Kier molecular flexibility index (Phi) is 5.91. The Labute approximate surface area is 194 Å². The number of rotatable bonds is 5. The highest BCUT2D eigenvalue weighted by Crippen LogP contribution is 2.31. The van der Waals surface area contributed by atoms with Crippen molar-refractivity contribution in [1.82, 2.24) is 24.9 Å². The van der Waals surface area contributed by atoms with Crippen LogP contribution in [0.15, 0.2) is 24.3 Å². The fourth-order valence-electron chi connectivity index (χ4n) is 5.18. The molecule has 1 saturated heterocycles. The smallest absolute Gasteiger partial charge is 0.223 e. The minimum absolute atomic E-state index is 0.145. The molecule has 2 aliphatic rings. The van der Waals surface area contributed by atoms with Crippen molar-refractivity contribution in [3.05, 3.63) is 35.8 Å². The van der Waals surface area contributed by atoms with Crippen LogP contribution in [0.4, 0.5) is 5.82 Å². The number of fused-ring (bicyclic) bond motifs is 1. The van der Waals surface area contributed by atoms with Crippen LogP contribution in [0.1, 0.15) is 50.0 Å². The highest BCUT2D eigenvalue weighted by Gasteiger charge is 2.30. The van der Waals surface area contributed by atoms with Gasteiger partial charge in [0.15, 0.2) is 11.5 Å². The summed E-state index contributed by atoms with van der Waals surface area (Å²) in [6.45, 7) is 5.50. The number of imidazole rings is 1. The van der Waals surface area contributed by atoms with E-state index in [0.29, 0.717) is 5.82 Å². The molecule has 1 amide bonds. The van der Waals surface area contributed by atoms with Gasteiger partial charge in [-0.2, -0.15) is 5.10 Å². The van der Waals surface area contributed by atoms with E-state index in [0.717, 1.165) is 66.5 Å². The van der Waals surface area contributed by atoms with Crippen LogP contribution in [0, 0.1) is 19.8 Å². The van der Waals surface area contributed by atoms with Gasteiger partial charge in [0.05, 0.1) is 18.5 Å². The third-order valence-corrected chi connectivity index (χ3v) is 6.91. The topological polar surface area (TPSA) is 84.6 Å². The van der Waals surface area contributed by atoms with Crippen molar-refractivity contribution in [1.29, 1.82) is 0 Å². The van der Waals surface area contributed by atoms with Crippen LogP contribution in [0.5, 0.6) is 5.75 Å². The quantitative estimate of drug-likeness (QED) is 0.641. The van der Waals surface area contributed by atoms with E-state index in [1.807, 2.05) is 42.6 Å². The lowest BCUT2D eigenvalue weighted by Crippen LogP contribution is -2.41. The number of aryl methyl sites for hydroxylation is 2. The molecule has 1 aliphatic carbocycles. The van der Waals surface area contributed by atoms with Gasteiger partial charge in [-0.1, -0.05) is 19.3 Å². The minimum atomic E-state index is 0.145. The van der Waals surface area contributed by atoms with E-state index in [-0.39, 0.29) is 17.9 Å². The number of carbonyl (C=O) groups is 1. The number of aromatic nitrogens is 4. The van der Waals surface area contributed by atoms with Gasteiger partial charge in [-0.15, -0.1) is 0 Å². The molecule has 174 valence electrons. The van der Waals surface area contributed by atoms with Crippen LogP contribution in [0.25, 0.3) is 16.9 Å². The fourth-order valence-corrected chi connectivity index (χ4v) is 5.18. The predicted octanol–water partition coefficient (Wildman–Crippen LogP) is 3.69. The van der Waals surface area contributed by atoms with Crippen molar-refractivity contribution < 1.29 is 9.53 Å². The number of ether oxygens (including phenoxy) is 1. The van der Waals surface area contributed by atoms with Crippen molar-refractivity contribution in [2.24, 2.45) is 5.92 Å². The molecule has 8 nitrogen and oxygen atoms in total. The Bertz CT molecular complexity index is 1150. The second-order valence-electron chi connectivity index (χ2n) is 9.27. The second-order valence-corrected chi connectivity index (χ2v) is 9.27. The molecule has 1 N–H and O–H groups in total. The first kappa shape index (κ1) is 21.7. The number of hydrogen-bond donors (Lipinski definition) is 1. The molecule has 1 atom stereocenters. The maximum atomic E-state index is 12.7. The van der Waals surface area contributed by atoms with Crippen molar-refractivity contribution in [3.63, 3.8) is 0 Å². The van der Waals surface area contributed by atoms with E-state index < -0.39 is 0 Å². The normalized spacial score (nSPS) is 19.2. The van der Waals surface area contributed by atoms with E-state index >= 15 is 0 Å². The third-order valence-electron chi connectivity index (χ3n) is 6.91. The Hall–Kier alpha value is -3.16. The molecule has 2 aromatic heterocycles. The molecular formula is C25H32N6O2. The molecule has 2 fully saturated rings. The van der Waals surface area contributed by atoms with Crippen LogP contribution >= 0.6 is 0 Å². The number of methoxy groups -OCH3 is 1.